The number of amides is 5. The van der Waals surface area contributed by atoms with Crippen LogP contribution < -0.4 is 49.5 Å². The first-order chi connectivity index (χ1) is 26.1. The van der Waals surface area contributed by atoms with Crippen molar-refractivity contribution in [2.45, 2.75) is 51.2 Å². The smallest absolute Gasteiger partial charge is 0.335 e. The number of aromatic carboxylic acids is 1. The molecule has 0 aliphatic rings. The Morgan fingerprint density at radius 1 is 0.764 bits per heavy atom. The average molecular weight is 781 g/mol. The summed E-state index contributed by atoms with van der Waals surface area (Å²) in [6, 6.07) is 8.60. The Morgan fingerprint density at radius 2 is 1.33 bits per heavy atom. The number of carboxylic acid groups (broad SMARTS) is 1. The number of carbonyl (C=O) groups excluding carboxylic acids is 6. The van der Waals surface area contributed by atoms with E-state index in [0.29, 0.717) is 34.2 Å². The van der Waals surface area contributed by atoms with Crippen LogP contribution in [-0.2, 0) is 25.7 Å². The molecule has 20 nitrogen and oxygen atoms in total. The van der Waals surface area contributed by atoms with Gasteiger partial charge in [0, 0.05) is 32.1 Å². The third kappa shape index (κ3) is 14.7. The summed E-state index contributed by atoms with van der Waals surface area (Å²) in [7, 11) is 0. The van der Waals surface area contributed by atoms with Gasteiger partial charge in [0.1, 0.15) is 6.04 Å². The lowest BCUT2D eigenvalue weighted by atomic mass is 10.1. The third-order valence-electron chi connectivity index (χ3n) is 7.63. The molecule has 0 spiro atoms. The van der Waals surface area contributed by atoms with Crippen molar-refractivity contribution in [2.24, 2.45) is 32.9 Å². The molecule has 0 saturated heterocycles. The van der Waals surface area contributed by atoms with Crippen molar-refractivity contribution >= 4 is 74.8 Å². The standard InChI is InChI=1S/C34H44N12O8S/c1-18(47)41-16-26(48)45-24(5-3-13-40-34(37)38)30(52)43-17-27(49)44-23(4-2-12-39-33(35)36)28(50)31-46-22-11-10-21(14-25(22)55-31)29(51)42-15-19-6-8-20(9-7-19)32(53)54/h6-11,14,23-24H,2-5,12-13,15-17H2,1H3,(H,41,47)(H,42,51)(H,43,52)(H,44,49)(H,45,48)(H,53,54)(H4,35,36,39)(H4,37,38,40). The molecule has 2 aromatic carbocycles. The maximum absolute atomic E-state index is 13.7. The van der Waals surface area contributed by atoms with Crippen molar-refractivity contribution in [3.63, 3.8) is 0 Å². The van der Waals surface area contributed by atoms with Crippen molar-refractivity contribution in [3.8, 4) is 0 Å². The Kier molecular flexibility index (Phi) is 16.5. The average Bonchev–Trinajstić information content (AvgIpc) is 3.57. The number of ketones is 1. The normalized spacial score (nSPS) is 11.7. The van der Waals surface area contributed by atoms with E-state index in [-0.39, 0.29) is 61.5 Å². The Hall–Kier alpha value is -6.64. The fourth-order valence-corrected chi connectivity index (χ4v) is 5.90. The molecule has 0 bridgehead atoms. The number of nitrogens with two attached hydrogens (primary N) is 4. The topological polar surface area (TPSA) is 342 Å². The summed E-state index contributed by atoms with van der Waals surface area (Å²) in [5, 5.41) is 21.8. The van der Waals surface area contributed by atoms with Crippen molar-refractivity contribution in [3.05, 3.63) is 64.2 Å². The van der Waals surface area contributed by atoms with E-state index in [9.17, 15) is 33.6 Å². The van der Waals surface area contributed by atoms with E-state index in [0.717, 1.165) is 11.3 Å². The zero-order chi connectivity index (χ0) is 40.5. The van der Waals surface area contributed by atoms with Gasteiger partial charge in [0.25, 0.3) is 5.91 Å². The molecule has 55 heavy (non-hydrogen) atoms. The predicted molar refractivity (Wildman–Crippen MR) is 204 cm³/mol. The van der Waals surface area contributed by atoms with E-state index < -0.39 is 59.9 Å². The molecular formula is C34H44N12O8S. The number of aromatic nitrogens is 1. The highest BCUT2D eigenvalue weighted by molar-refractivity contribution is 7.20. The minimum atomic E-state index is -1.10. The van der Waals surface area contributed by atoms with E-state index in [1.807, 2.05) is 0 Å². The lowest BCUT2D eigenvalue weighted by Crippen LogP contribution is -2.52. The molecule has 1 heterocycles. The number of nitrogens with zero attached hydrogens (tertiary/aromatic N) is 3. The van der Waals surface area contributed by atoms with Gasteiger partial charge in [-0.3, -0.25) is 38.8 Å². The largest absolute Gasteiger partial charge is 0.478 e. The van der Waals surface area contributed by atoms with E-state index >= 15 is 0 Å². The molecule has 0 aliphatic carbocycles. The number of aliphatic imine (C=N–C) groups is 2. The lowest BCUT2D eigenvalue weighted by molar-refractivity contribution is -0.131. The maximum Gasteiger partial charge on any atom is 0.335 e. The highest BCUT2D eigenvalue weighted by atomic mass is 32.1. The zero-order valence-electron chi connectivity index (χ0n) is 29.9. The van der Waals surface area contributed by atoms with Gasteiger partial charge in [0.2, 0.25) is 29.4 Å². The van der Waals surface area contributed by atoms with Crippen LogP contribution in [-0.4, -0.2) is 102 Å². The first kappa shape index (κ1) is 42.8. The Bertz CT molecular complexity index is 1940. The van der Waals surface area contributed by atoms with E-state index in [1.54, 1.807) is 30.3 Å². The highest BCUT2D eigenvalue weighted by Crippen LogP contribution is 2.25. The maximum atomic E-state index is 13.7. The van der Waals surface area contributed by atoms with Gasteiger partial charge in [-0.25, -0.2) is 9.78 Å². The number of thiazole rings is 1. The summed E-state index contributed by atoms with van der Waals surface area (Å²) in [5.74, 6) is -4.77. The van der Waals surface area contributed by atoms with Crippen LogP contribution in [0.1, 0.15) is 68.7 Å². The minimum absolute atomic E-state index is 0.0602. The molecule has 3 aromatic rings. The van der Waals surface area contributed by atoms with Crippen molar-refractivity contribution < 1.29 is 38.7 Å². The number of carboxylic acids is 1. The number of hydrogen-bond acceptors (Lipinski definition) is 11. The molecule has 5 amide bonds. The highest BCUT2D eigenvalue weighted by Gasteiger charge is 2.26. The molecule has 0 aliphatic heterocycles. The first-order valence-corrected chi connectivity index (χ1v) is 17.7. The number of hydrogen-bond donors (Lipinski definition) is 10. The molecule has 2 atom stereocenters. The van der Waals surface area contributed by atoms with Gasteiger partial charge in [0.05, 0.1) is 34.9 Å². The SMILES string of the molecule is CC(=O)NCC(=O)NC(CCCN=C(N)N)C(=O)NCC(=O)NC(CCCN=C(N)N)C(=O)c1nc2ccc(C(=O)NCc3ccc(C(=O)O)cc3)cc2s1. The number of rotatable bonds is 21. The minimum Gasteiger partial charge on any atom is -0.478 e. The fourth-order valence-electron chi connectivity index (χ4n) is 4.90. The summed E-state index contributed by atoms with van der Waals surface area (Å²) in [5.41, 5.74) is 23.1. The van der Waals surface area contributed by atoms with Crippen LogP contribution in [0, 0.1) is 0 Å². The van der Waals surface area contributed by atoms with Crippen LogP contribution in [0.2, 0.25) is 0 Å². The van der Waals surface area contributed by atoms with Gasteiger partial charge in [-0.2, -0.15) is 0 Å². The van der Waals surface area contributed by atoms with Gasteiger partial charge in [0.15, 0.2) is 16.9 Å². The summed E-state index contributed by atoms with van der Waals surface area (Å²) < 4.78 is 0.533. The van der Waals surface area contributed by atoms with Gasteiger partial charge in [-0.05, 0) is 61.6 Å². The number of Topliss-reactive ketones (excluding diaryl/α,β-unsaturated/α-hetero) is 1. The molecule has 294 valence electrons. The van der Waals surface area contributed by atoms with E-state index in [4.69, 9.17) is 28.0 Å². The molecule has 1 aromatic heterocycles. The van der Waals surface area contributed by atoms with Crippen LogP contribution >= 0.6 is 11.3 Å². The summed E-state index contributed by atoms with van der Waals surface area (Å²) in [4.78, 5) is 99.6. The molecule has 0 saturated carbocycles. The van der Waals surface area contributed by atoms with Crippen LogP contribution in [0.3, 0.4) is 0 Å². The van der Waals surface area contributed by atoms with Crippen LogP contribution in [0.25, 0.3) is 10.2 Å². The lowest BCUT2D eigenvalue weighted by Gasteiger charge is -2.20. The number of nitrogens with one attached hydrogen (secondary N) is 5. The third-order valence-corrected chi connectivity index (χ3v) is 8.66. The zero-order valence-corrected chi connectivity index (χ0v) is 30.7. The monoisotopic (exact) mass is 780 g/mol. The van der Waals surface area contributed by atoms with Crippen LogP contribution in [0.5, 0.6) is 0 Å². The quantitative estimate of drug-likeness (QED) is 0.0253. The number of fused-ring (bicyclic) bond motifs is 1. The number of benzene rings is 2. The summed E-state index contributed by atoms with van der Waals surface area (Å²) in [6.45, 7) is 0.799. The Labute approximate surface area is 319 Å². The molecular weight excluding hydrogens is 737 g/mol. The molecule has 14 N–H and O–H groups in total. The Morgan fingerprint density at radius 3 is 1.91 bits per heavy atom. The molecule has 0 radical (unpaired) electrons. The van der Waals surface area contributed by atoms with E-state index in [2.05, 4.69) is 41.6 Å². The van der Waals surface area contributed by atoms with Gasteiger partial charge < -0.3 is 54.6 Å². The fraction of sp³-hybridized carbons (Fsp3) is 0.353. The predicted octanol–water partition coefficient (Wildman–Crippen LogP) is -1.56. The van der Waals surface area contributed by atoms with E-state index in [1.165, 1.54) is 19.1 Å². The van der Waals surface area contributed by atoms with Crippen LogP contribution in [0.15, 0.2) is 52.4 Å². The number of carbonyl (C=O) groups is 7. The summed E-state index contributed by atoms with van der Waals surface area (Å²) in [6.07, 6.45) is 0.811. The molecule has 21 heteroatoms. The second-order valence-electron chi connectivity index (χ2n) is 12.0. The van der Waals surface area contributed by atoms with Gasteiger partial charge >= 0.3 is 5.97 Å². The van der Waals surface area contributed by atoms with Crippen molar-refractivity contribution in [2.75, 3.05) is 26.2 Å². The molecule has 2 unspecified atom stereocenters. The van der Waals surface area contributed by atoms with Crippen molar-refractivity contribution in [1.82, 2.24) is 31.6 Å². The van der Waals surface area contributed by atoms with Crippen LogP contribution in [0.4, 0.5) is 0 Å². The first-order valence-electron chi connectivity index (χ1n) is 16.9. The number of guanidine groups is 2. The molecule has 3 rings (SSSR count). The van der Waals surface area contributed by atoms with Crippen molar-refractivity contribution in [1.29, 1.82) is 0 Å². The van der Waals surface area contributed by atoms with Gasteiger partial charge in [-0.1, -0.05) is 12.1 Å². The Balaban J connectivity index is 1.69. The van der Waals surface area contributed by atoms with Gasteiger partial charge in [-0.15, -0.1) is 11.3 Å². The second-order valence-corrected chi connectivity index (χ2v) is 13.0. The summed E-state index contributed by atoms with van der Waals surface area (Å²) >= 11 is 1.02. The molecule has 0 fully saturated rings. The second kappa shape index (κ2) is 21.2.